The van der Waals surface area contributed by atoms with Crippen molar-refractivity contribution in [3.05, 3.63) is 53.9 Å². The molecule has 1 aromatic heterocycles. The number of para-hydroxylation sites is 1. The fourth-order valence-corrected chi connectivity index (χ4v) is 1.96. The van der Waals surface area contributed by atoms with Gasteiger partial charge in [0.2, 0.25) is 0 Å². The van der Waals surface area contributed by atoms with E-state index in [9.17, 15) is 4.79 Å². The van der Waals surface area contributed by atoms with Gasteiger partial charge in [-0.25, -0.2) is 4.79 Å². The summed E-state index contributed by atoms with van der Waals surface area (Å²) in [5, 5.41) is 0. The zero-order valence-electron chi connectivity index (χ0n) is 11.1. The smallest absolute Gasteiger partial charge is 0.354 e. The van der Waals surface area contributed by atoms with Gasteiger partial charge < -0.3 is 14.0 Å². The van der Waals surface area contributed by atoms with Crippen LogP contribution in [-0.2, 0) is 11.3 Å². The molecule has 0 aliphatic carbocycles. The Morgan fingerprint density at radius 1 is 1.21 bits per heavy atom. The van der Waals surface area contributed by atoms with Crippen molar-refractivity contribution in [3.8, 4) is 5.75 Å². The lowest BCUT2D eigenvalue weighted by atomic mass is 10.2. The molecular weight excluding hydrogens is 242 g/mol. The Morgan fingerprint density at radius 2 is 2.00 bits per heavy atom. The monoisotopic (exact) mass is 259 g/mol. The molecule has 0 aliphatic rings. The van der Waals surface area contributed by atoms with E-state index in [0.717, 1.165) is 11.3 Å². The SMILES string of the molecule is CCOC(=O)c1cccn1Cc1ccccc1OC. The summed E-state index contributed by atoms with van der Waals surface area (Å²) in [5.41, 5.74) is 1.57. The van der Waals surface area contributed by atoms with Crippen LogP contribution in [0.5, 0.6) is 5.75 Å². The van der Waals surface area contributed by atoms with Gasteiger partial charge in [0.15, 0.2) is 0 Å². The van der Waals surface area contributed by atoms with E-state index < -0.39 is 0 Å². The summed E-state index contributed by atoms with van der Waals surface area (Å²) in [6.07, 6.45) is 1.86. The molecule has 2 rings (SSSR count). The average molecular weight is 259 g/mol. The molecule has 0 N–H and O–H groups in total. The number of aromatic nitrogens is 1. The minimum atomic E-state index is -0.303. The van der Waals surface area contributed by atoms with E-state index in [-0.39, 0.29) is 5.97 Å². The number of carbonyl (C=O) groups excluding carboxylic acids is 1. The normalized spacial score (nSPS) is 10.2. The van der Waals surface area contributed by atoms with Crippen molar-refractivity contribution in [2.24, 2.45) is 0 Å². The van der Waals surface area contributed by atoms with E-state index in [2.05, 4.69) is 0 Å². The molecular formula is C15H17NO3. The van der Waals surface area contributed by atoms with Crippen molar-refractivity contribution in [2.75, 3.05) is 13.7 Å². The lowest BCUT2D eigenvalue weighted by Crippen LogP contribution is -2.12. The van der Waals surface area contributed by atoms with E-state index in [1.807, 2.05) is 41.1 Å². The van der Waals surface area contributed by atoms with Crippen LogP contribution in [0, 0.1) is 0 Å². The molecule has 4 heteroatoms. The highest BCUT2D eigenvalue weighted by Gasteiger charge is 2.12. The molecule has 0 spiro atoms. The summed E-state index contributed by atoms with van der Waals surface area (Å²) in [7, 11) is 1.64. The van der Waals surface area contributed by atoms with Gasteiger partial charge in [0.1, 0.15) is 11.4 Å². The van der Waals surface area contributed by atoms with Crippen LogP contribution in [0.1, 0.15) is 23.0 Å². The maximum Gasteiger partial charge on any atom is 0.354 e. The van der Waals surface area contributed by atoms with Crippen LogP contribution < -0.4 is 4.74 Å². The number of ether oxygens (including phenoxy) is 2. The third-order valence-corrected chi connectivity index (χ3v) is 2.85. The Kier molecular flexibility index (Phi) is 4.23. The highest BCUT2D eigenvalue weighted by molar-refractivity contribution is 5.87. The number of methoxy groups -OCH3 is 1. The molecule has 100 valence electrons. The van der Waals surface area contributed by atoms with Gasteiger partial charge in [-0.2, -0.15) is 0 Å². The molecule has 0 atom stereocenters. The van der Waals surface area contributed by atoms with E-state index >= 15 is 0 Å². The number of hydrogen-bond donors (Lipinski definition) is 0. The molecule has 0 saturated heterocycles. The standard InChI is InChI=1S/C15H17NO3/c1-3-19-15(17)13-8-6-10-16(13)11-12-7-4-5-9-14(12)18-2/h4-10H,3,11H2,1-2H3. The summed E-state index contributed by atoms with van der Waals surface area (Å²) in [6.45, 7) is 2.75. The van der Waals surface area contributed by atoms with E-state index in [1.54, 1.807) is 20.1 Å². The van der Waals surface area contributed by atoms with E-state index in [0.29, 0.717) is 18.8 Å². The van der Waals surface area contributed by atoms with Gasteiger partial charge in [-0.1, -0.05) is 18.2 Å². The summed E-state index contributed by atoms with van der Waals surface area (Å²) >= 11 is 0. The third kappa shape index (κ3) is 2.96. The Balaban J connectivity index is 2.24. The maximum atomic E-state index is 11.8. The van der Waals surface area contributed by atoms with Gasteiger partial charge in [0.05, 0.1) is 20.3 Å². The van der Waals surface area contributed by atoms with Crippen molar-refractivity contribution in [3.63, 3.8) is 0 Å². The molecule has 1 aromatic carbocycles. The minimum Gasteiger partial charge on any atom is -0.496 e. The van der Waals surface area contributed by atoms with Crippen molar-refractivity contribution in [1.29, 1.82) is 0 Å². The van der Waals surface area contributed by atoms with Gasteiger partial charge >= 0.3 is 5.97 Å². The average Bonchev–Trinajstić information content (AvgIpc) is 2.88. The first-order chi connectivity index (χ1) is 9.26. The zero-order valence-corrected chi connectivity index (χ0v) is 11.1. The van der Waals surface area contributed by atoms with Crippen LogP contribution in [0.2, 0.25) is 0 Å². The lowest BCUT2D eigenvalue weighted by molar-refractivity contribution is 0.0514. The van der Waals surface area contributed by atoms with Crippen LogP contribution >= 0.6 is 0 Å². The zero-order chi connectivity index (χ0) is 13.7. The van der Waals surface area contributed by atoms with Gasteiger partial charge in [-0.05, 0) is 25.1 Å². The van der Waals surface area contributed by atoms with Gasteiger partial charge in [-0.3, -0.25) is 0 Å². The first kappa shape index (κ1) is 13.2. The van der Waals surface area contributed by atoms with Crippen LogP contribution in [0.3, 0.4) is 0 Å². The number of nitrogens with zero attached hydrogens (tertiary/aromatic N) is 1. The first-order valence-electron chi connectivity index (χ1n) is 6.20. The van der Waals surface area contributed by atoms with Crippen LogP contribution in [0.15, 0.2) is 42.6 Å². The molecule has 0 fully saturated rings. The molecule has 0 bridgehead atoms. The fraction of sp³-hybridized carbons (Fsp3) is 0.267. The number of esters is 1. The molecule has 0 saturated carbocycles. The molecule has 0 amide bonds. The van der Waals surface area contributed by atoms with E-state index in [1.165, 1.54) is 0 Å². The molecule has 0 unspecified atom stereocenters. The second-order valence-corrected chi connectivity index (χ2v) is 4.05. The number of carbonyl (C=O) groups is 1. The topological polar surface area (TPSA) is 40.5 Å². The Morgan fingerprint density at radius 3 is 2.74 bits per heavy atom. The molecule has 0 radical (unpaired) electrons. The number of rotatable bonds is 5. The Bertz CT molecular complexity index is 560. The van der Waals surface area contributed by atoms with Crippen molar-refractivity contribution >= 4 is 5.97 Å². The predicted octanol–water partition coefficient (Wildman–Crippen LogP) is 2.72. The second-order valence-electron chi connectivity index (χ2n) is 4.05. The number of hydrogen-bond acceptors (Lipinski definition) is 3. The summed E-state index contributed by atoms with van der Waals surface area (Å²) < 4.78 is 12.2. The molecule has 0 aliphatic heterocycles. The van der Waals surface area contributed by atoms with Gasteiger partial charge in [0.25, 0.3) is 0 Å². The maximum absolute atomic E-state index is 11.8. The summed E-state index contributed by atoms with van der Waals surface area (Å²) in [4.78, 5) is 11.8. The second kappa shape index (κ2) is 6.09. The third-order valence-electron chi connectivity index (χ3n) is 2.85. The quantitative estimate of drug-likeness (QED) is 0.775. The van der Waals surface area contributed by atoms with Crippen LogP contribution in [0.25, 0.3) is 0 Å². The fourth-order valence-electron chi connectivity index (χ4n) is 1.96. The largest absolute Gasteiger partial charge is 0.496 e. The minimum absolute atomic E-state index is 0.303. The Hall–Kier alpha value is -2.23. The predicted molar refractivity (Wildman–Crippen MR) is 72.5 cm³/mol. The van der Waals surface area contributed by atoms with Gasteiger partial charge in [-0.15, -0.1) is 0 Å². The summed E-state index contributed by atoms with van der Waals surface area (Å²) in [6, 6.07) is 11.3. The van der Waals surface area contributed by atoms with Crippen molar-refractivity contribution in [2.45, 2.75) is 13.5 Å². The first-order valence-corrected chi connectivity index (χ1v) is 6.20. The van der Waals surface area contributed by atoms with Gasteiger partial charge in [0, 0.05) is 11.8 Å². The molecule has 4 nitrogen and oxygen atoms in total. The van der Waals surface area contributed by atoms with Crippen LogP contribution in [0.4, 0.5) is 0 Å². The molecule has 1 heterocycles. The molecule has 2 aromatic rings. The lowest BCUT2D eigenvalue weighted by Gasteiger charge is -2.11. The van der Waals surface area contributed by atoms with Crippen LogP contribution in [-0.4, -0.2) is 24.3 Å². The van der Waals surface area contributed by atoms with Crippen molar-refractivity contribution in [1.82, 2.24) is 4.57 Å². The highest BCUT2D eigenvalue weighted by atomic mass is 16.5. The Labute approximate surface area is 112 Å². The molecule has 19 heavy (non-hydrogen) atoms. The summed E-state index contributed by atoms with van der Waals surface area (Å²) in [5.74, 6) is 0.508. The highest BCUT2D eigenvalue weighted by Crippen LogP contribution is 2.19. The van der Waals surface area contributed by atoms with Crippen molar-refractivity contribution < 1.29 is 14.3 Å². The number of benzene rings is 1. The van der Waals surface area contributed by atoms with E-state index in [4.69, 9.17) is 9.47 Å².